The first kappa shape index (κ1) is 13.4. The standard InChI is InChI=1S/C15H16N4O2/c1-11-5-2-3-7-13(11)14-18-21-15(20)19(14)8-4-6-12-9-16-17-10-12/h2-3,5,7,9-10H,4,6,8H2,1H3,(H,16,17). The van der Waals surface area contributed by atoms with E-state index in [9.17, 15) is 4.79 Å². The van der Waals surface area contributed by atoms with Crippen molar-refractivity contribution < 1.29 is 4.52 Å². The van der Waals surface area contributed by atoms with Crippen molar-refractivity contribution >= 4 is 0 Å². The number of rotatable bonds is 5. The van der Waals surface area contributed by atoms with Crippen LogP contribution in [0.3, 0.4) is 0 Å². The maximum absolute atomic E-state index is 11.8. The molecule has 0 atom stereocenters. The molecule has 0 aliphatic rings. The molecule has 108 valence electrons. The van der Waals surface area contributed by atoms with E-state index in [1.165, 1.54) is 0 Å². The van der Waals surface area contributed by atoms with Crippen molar-refractivity contribution in [3.05, 3.63) is 58.3 Å². The molecule has 0 spiro atoms. The minimum atomic E-state index is -0.416. The zero-order valence-corrected chi connectivity index (χ0v) is 11.7. The molecule has 3 aromatic rings. The lowest BCUT2D eigenvalue weighted by atomic mass is 10.1. The molecule has 0 fully saturated rings. The molecule has 0 amide bonds. The van der Waals surface area contributed by atoms with Crippen LogP contribution in [0.25, 0.3) is 11.4 Å². The van der Waals surface area contributed by atoms with Gasteiger partial charge in [-0.3, -0.25) is 14.2 Å². The fourth-order valence-electron chi connectivity index (χ4n) is 2.34. The molecule has 0 saturated carbocycles. The molecule has 1 aromatic carbocycles. The van der Waals surface area contributed by atoms with Gasteiger partial charge < -0.3 is 0 Å². The largest absolute Gasteiger partial charge is 0.441 e. The van der Waals surface area contributed by atoms with Crippen LogP contribution in [0.4, 0.5) is 0 Å². The van der Waals surface area contributed by atoms with Crippen LogP contribution in [0.5, 0.6) is 0 Å². The summed E-state index contributed by atoms with van der Waals surface area (Å²) in [5, 5.41) is 10.6. The third-order valence-electron chi connectivity index (χ3n) is 3.47. The highest BCUT2D eigenvalue weighted by atomic mass is 16.5. The summed E-state index contributed by atoms with van der Waals surface area (Å²) >= 11 is 0. The Balaban J connectivity index is 1.81. The first-order chi connectivity index (χ1) is 10.3. The average molecular weight is 284 g/mol. The second kappa shape index (κ2) is 5.78. The number of aromatic amines is 1. The average Bonchev–Trinajstić information content (AvgIpc) is 3.11. The molecule has 0 aliphatic carbocycles. The highest BCUT2D eigenvalue weighted by Gasteiger charge is 2.14. The van der Waals surface area contributed by atoms with Crippen LogP contribution in [0, 0.1) is 6.92 Å². The fourth-order valence-corrected chi connectivity index (χ4v) is 2.34. The van der Waals surface area contributed by atoms with E-state index in [1.54, 1.807) is 10.8 Å². The lowest BCUT2D eigenvalue weighted by Crippen LogP contribution is -2.16. The van der Waals surface area contributed by atoms with Crippen LogP contribution >= 0.6 is 0 Å². The van der Waals surface area contributed by atoms with Gasteiger partial charge in [0.1, 0.15) is 0 Å². The lowest BCUT2D eigenvalue weighted by Gasteiger charge is -2.06. The van der Waals surface area contributed by atoms with Crippen LogP contribution in [0.2, 0.25) is 0 Å². The number of aromatic nitrogens is 4. The van der Waals surface area contributed by atoms with Crippen molar-refractivity contribution in [2.75, 3.05) is 0 Å². The molecule has 0 radical (unpaired) electrons. The summed E-state index contributed by atoms with van der Waals surface area (Å²) in [5.41, 5.74) is 3.11. The molecule has 21 heavy (non-hydrogen) atoms. The summed E-state index contributed by atoms with van der Waals surface area (Å²) in [6.07, 6.45) is 5.32. The Bertz CT molecular complexity index is 771. The number of nitrogens with one attached hydrogen (secondary N) is 1. The van der Waals surface area contributed by atoms with Crippen LogP contribution in [0.15, 0.2) is 46.0 Å². The predicted octanol–water partition coefficient (Wildman–Crippen LogP) is 2.17. The van der Waals surface area contributed by atoms with E-state index < -0.39 is 5.76 Å². The molecule has 2 aromatic heterocycles. The van der Waals surface area contributed by atoms with E-state index in [4.69, 9.17) is 4.52 Å². The van der Waals surface area contributed by atoms with Gasteiger partial charge in [0.25, 0.3) is 0 Å². The van der Waals surface area contributed by atoms with Crippen molar-refractivity contribution in [3.63, 3.8) is 0 Å². The Morgan fingerprint density at radius 1 is 1.33 bits per heavy atom. The zero-order chi connectivity index (χ0) is 14.7. The Morgan fingerprint density at radius 3 is 2.95 bits per heavy atom. The van der Waals surface area contributed by atoms with Crippen molar-refractivity contribution in [1.29, 1.82) is 0 Å². The van der Waals surface area contributed by atoms with Gasteiger partial charge in [-0.2, -0.15) is 5.10 Å². The summed E-state index contributed by atoms with van der Waals surface area (Å²) in [4.78, 5) is 11.8. The second-order valence-corrected chi connectivity index (χ2v) is 4.95. The molecular weight excluding hydrogens is 268 g/mol. The van der Waals surface area contributed by atoms with Gasteiger partial charge in [-0.15, -0.1) is 0 Å². The Labute approximate surface area is 121 Å². The van der Waals surface area contributed by atoms with Crippen molar-refractivity contribution in [2.24, 2.45) is 0 Å². The Hall–Kier alpha value is -2.63. The number of aryl methyl sites for hydroxylation is 2. The zero-order valence-electron chi connectivity index (χ0n) is 11.7. The summed E-state index contributed by atoms with van der Waals surface area (Å²) in [7, 11) is 0. The molecule has 0 saturated heterocycles. The van der Waals surface area contributed by atoms with Gasteiger partial charge in [0, 0.05) is 18.3 Å². The van der Waals surface area contributed by atoms with Gasteiger partial charge in [-0.1, -0.05) is 29.4 Å². The molecular formula is C15H16N4O2. The van der Waals surface area contributed by atoms with Gasteiger partial charge in [0.15, 0.2) is 5.82 Å². The SMILES string of the molecule is Cc1ccccc1-c1noc(=O)n1CCCc1cn[nH]c1. The number of benzene rings is 1. The second-order valence-electron chi connectivity index (χ2n) is 4.95. The highest BCUT2D eigenvalue weighted by molar-refractivity contribution is 5.59. The summed E-state index contributed by atoms with van der Waals surface area (Å²) in [6.45, 7) is 2.56. The van der Waals surface area contributed by atoms with E-state index in [0.29, 0.717) is 12.4 Å². The van der Waals surface area contributed by atoms with E-state index >= 15 is 0 Å². The van der Waals surface area contributed by atoms with Gasteiger partial charge in [0.05, 0.1) is 6.20 Å². The molecule has 6 heteroatoms. The lowest BCUT2D eigenvalue weighted by molar-refractivity contribution is 0.375. The minimum absolute atomic E-state index is 0.416. The number of H-pyrrole nitrogens is 1. The minimum Gasteiger partial charge on any atom is -0.295 e. The Morgan fingerprint density at radius 2 is 2.19 bits per heavy atom. The molecule has 6 nitrogen and oxygen atoms in total. The molecule has 2 heterocycles. The van der Waals surface area contributed by atoms with Crippen LogP contribution in [-0.2, 0) is 13.0 Å². The van der Waals surface area contributed by atoms with E-state index in [1.807, 2.05) is 37.4 Å². The van der Waals surface area contributed by atoms with E-state index in [-0.39, 0.29) is 0 Å². The molecule has 0 aliphatic heterocycles. The van der Waals surface area contributed by atoms with Crippen LogP contribution in [-0.4, -0.2) is 19.9 Å². The molecule has 0 bridgehead atoms. The van der Waals surface area contributed by atoms with E-state index in [2.05, 4.69) is 15.4 Å². The van der Waals surface area contributed by atoms with E-state index in [0.717, 1.165) is 29.5 Å². The fraction of sp³-hybridized carbons (Fsp3) is 0.267. The van der Waals surface area contributed by atoms with Gasteiger partial charge >= 0.3 is 5.76 Å². The highest BCUT2D eigenvalue weighted by Crippen LogP contribution is 2.20. The van der Waals surface area contributed by atoms with Crippen LogP contribution in [0.1, 0.15) is 17.5 Å². The molecule has 1 N–H and O–H groups in total. The molecule has 3 rings (SSSR count). The van der Waals surface area contributed by atoms with Crippen molar-refractivity contribution in [1.82, 2.24) is 19.9 Å². The summed E-state index contributed by atoms with van der Waals surface area (Å²) in [5.74, 6) is 0.172. The number of hydrogen-bond donors (Lipinski definition) is 1. The van der Waals surface area contributed by atoms with Crippen molar-refractivity contribution in [3.8, 4) is 11.4 Å². The first-order valence-corrected chi connectivity index (χ1v) is 6.86. The first-order valence-electron chi connectivity index (χ1n) is 6.86. The normalized spacial score (nSPS) is 10.9. The number of hydrogen-bond acceptors (Lipinski definition) is 4. The van der Waals surface area contributed by atoms with Gasteiger partial charge in [-0.25, -0.2) is 4.79 Å². The van der Waals surface area contributed by atoms with Crippen LogP contribution < -0.4 is 5.76 Å². The predicted molar refractivity (Wildman–Crippen MR) is 77.8 cm³/mol. The maximum Gasteiger partial charge on any atom is 0.441 e. The number of nitrogens with zero attached hydrogens (tertiary/aromatic N) is 3. The quantitative estimate of drug-likeness (QED) is 0.779. The third kappa shape index (κ3) is 2.79. The summed E-state index contributed by atoms with van der Waals surface area (Å²) in [6, 6.07) is 7.82. The third-order valence-corrected chi connectivity index (χ3v) is 3.47. The maximum atomic E-state index is 11.8. The van der Waals surface area contributed by atoms with Crippen molar-refractivity contribution in [2.45, 2.75) is 26.3 Å². The van der Waals surface area contributed by atoms with Gasteiger partial charge in [-0.05, 0) is 30.9 Å². The Kier molecular flexibility index (Phi) is 3.68. The molecule has 0 unspecified atom stereocenters. The topological polar surface area (TPSA) is 76.7 Å². The van der Waals surface area contributed by atoms with Gasteiger partial charge in [0.2, 0.25) is 0 Å². The monoisotopic (exact) mass is 284 g/mol. The smallest absolute Gasteiger partial charge is 0.295 e. The summed E-state index contributed by atoms with van der Waals surface area (Å²) < 4.78 is 6.42.